The Kier molecular flexibility index (Phi) is 4.69. The number of rotatable bonds is 3. The van der Waals surface area contributed by atoms with Gasteiger partial charge in [0, 0.05) is 16.3 Å². The van der Waals surface area contributed by atoms with Crippen molar-refractivity contribution in [1.29, 1.82) is 0 Å². The van der Waals surface area contributed by atoms with Crippen molar-refractivity contribution in [2.45, 2.75) is 0 Å². The second kappa shape index (κ2) is 6.91. The molecular formula is C18H12Cl2N2O2. The van der Waals surface area contributed by atoms with Gasteiger partial charge in [0.25, 0.3) is 5.91 Å². The van der Waals surface area contributed by atoms with Crippen LogP contribution in [0.25, 0.3) is 11.1 Å². The average Bonchev–Trinajstić information content (AvgIpc) is 2.58. The quantitative estimate of drug-likeness (QED) is 0.646. The molecule has 0 spiro atoms. The molecule has 0 unspecified atom stereocenters. The second-order valence-corrected chi connectivity index (χ2v) is 5.83. The summed E-state index contributed by atoms with van der Waals surface area (Å²) in [6, 6.07) is 16.0. The molecular weight excluding hydrogens is 347 g/mol. The lowest BCUT2D eigenvalue weighted by Crippen LogP contribution is -2.13. The summed E-state index contributed by atoms with van der Waals surface area (Å²) in [7, 11) is 0. The maximum absolute atomic E-state index is 12.5. The number of aromatic nitrogens is 1. The zero-order valence-corrected chi connectivity index (χ0v) is 13.8. The van der Waals surface area contributed by atoms with Crippen molar-refractivity contribution in [3.8, 4) is 16.9 Å². The molecule has 0 saturated carbocycles. The molecule has 0 bridgehead atoms. The standard InChI is InChI=1S/C18H12Cl2N2O2/c19-12-7-5-11(6-8-12)14-3-1-2-4-16(14)22-18(24)15-9-13(23)10-21-17(15)20/h1-10,23H,(H,22,24). The molecule has 3 rings (SSSR count). The molecule has 4 nitrogen and oxygen atoms in total. The summed E-state index contributed by atoms with van der Waals surface area (Å²) in [5, 5.41) is 13.0. The Morgan fingerprint density at radius 1 is 1.04 bits per heavy atom. The Labute approximate surface area is 148 Å². The van der Waals surface area contributed by atoms with Gasteiger partial charge in [-0.1, -0.05) is 53.5 Å². The van der Waals surface area contributed by atoms with Crippen LogP contribution >= 0.6 is 23.2 Å². The number of nitrogens with zero attached hydrogens (tertiary/aromatic N) is 1. The molecule has 0 aliphatic heterocycles. The molecule has 0 fully saturated rings. The third-order valence-corrected chi connectivity index (χ3v) is 3.95. The first-order chi connectivity index (χ1) is 11.5. The topological polar surface area (TPSA) is 62.2 Å². The number of pyridine rings is 1. The van der Waals surface area contributed by atoms with E-state index in [4.69, 9.17) is 23.2 Å². The van der Waals surface area contributed by atoms with Crippen molar-refractivity contribution < 1.29 is 9.90 Å². The summed E-state index contributed by atoms with van der Waals surface area (Å²) >= 11 is 11.9. The number of para-hydroxylation sites is 1. The van der Waals surface area contributed by atoms with Gasteiger partial charge < -0.3 is 10.4 Å². The van der Waals surface area contributed by atoms with Gasteiger partial charge >= 0.3 is 0 Å². The molecule has 0 atom stereocenters. The van der Waals surface area contributed by atoms with Gasteiger partial charge in [0.1, 0.15) is 10.9 Å². The number of carbonyl (C=O) groups excluding carboxylic acids is 1. The van der Waals surface area contributed by atoms with E-state index in [1.54, 1.807) is 18.2 Å². The number of nitrogens with one attached hydrogen (secondary N) is 1. The minimum Gasteiger partial charge on any atom is -0.506 e. The minimum atomic E-state index is -0.454. The lowest BCUT2D eigenvalue weighted by Gasteiger charge is -2.12. The molecule has 3 aromatic rings. The zero-order valence-electron chi connectivity index (χ0n) is 12.3. The Bertz CT molecular complexity index is 896. The van der Waals surface area contributed by atoms with E-state index in [9.17, 15) is 9.90 Å². The lowest BCUT2D eigenvalue weighted by molar-refractivity contribution is 0.102. The Balaban J connectivity index is 1.95. The van der Waals surface area contributed by atoms with E-state index >= 15 is 0 Å². The fourth-order valence-corrected chi connectivity index (χ4v) is 2.57. The first kappa shape index (κ1) is 16.3. The molecule has 2 N–H and O–H groups in total. The van der Waals surface area contributed by atoms with E-state index < -0.39 is 5.91 Å². The summed E-state index contributed by atoms with van der Waals surface area (Å²) < 4.78 is 0. The summed E-state index contributed by atoms with van der Waals surface area (Å²) in [6.07, 6.45) is 1.18. The van der Waals surface area contributed by atoms with E-state index in [-0.39, 0.29) is 16.5 Å². The molecule has 0 saturated heterocycles. The fraction of sp³-hybridized carbons (Fsp3) is 0. The third-order valence-electron chi connectivity index (χ3n) is 3.40. The number of aromatic hydroxyl groups is 1. The van der Waals surface area contributed by atoms with Gasteiger partial charge in [-0.15, -0.1) is 0 Å². The van der Waals surface area contributed by atoms with Crippen LogP contribution in [0.15, 0.2) is 60.8 Å². The van der Waals surface area contributed by atoms with Crippen LogP contribution in [0.2, 0.25) is 10.2 Å². The molecule has 2 aromatic carbocycles. The van der Waals surface area contributed by atoms with E-state index in [0.29, 0.717) is 10.7 Å². The number of hydrogen-bond acceptors (Lipinski definition) is 3. The maximum atomic E-state index is 12.5. The van der Waals surface area contributed by atoms with Crippen LogP contribution in [0.1, 0.15) is 10.4 Å². The Morgan fingerprint density at radius 3 is 2.50 bits per heavy atom. The van der Waals surface area contributed by atoms with Crippen LogP contribution in [-0.4, -0.2) is 16.0 Å². The first-order valence-corrected chi connectivity index (χ1v) is 7.81. The molecule has 24 heavy (non-hydrogen) atoms. The monoisotopic (exact) mass is 358 g/mol. The second-order valence-electron chi connectivity index (χ2n) is 5.04. The van der Waals surface area contributed by atoms with Crippen molar-refractivity contribution in [1.82, 2.24) is 4.98 Å². The van der Waals surface area contributed by atoms with Crippen LogP contribution in [0.5, 0.6) is 5.75 Å². The fourth-order valence-electron chi connectivity index (χ4n) is 2.26. The van der Waals surface area contributed by atoms with Gasteiger partial charge in [-0.2, -0.15) is 0 Å². The zero-order chi connectivity index (χ0) is 17.1. The SMILES string of the molecule is O=C(Nc1ccccc1-c1ccc(Cl)cc1)c1cc(O)cnc1Cl. The van der Waals surface area contributed by atoms with Gasteiger partial charge in [0.15, 0.2) is 0 Å². The highest BCUT2D eigenvalue weighted by Crippen LogP contribution is 2.29. The Hall–Kier alpha value is -2.56. The highest BCUT2D eigenvalue weighted by atomic mass is 35.5. The largest absolute Gasteiger partial charge is 0.506 e. The van der Waals surface area contributed by atoms with Gasteiger partial charge in [-0.3, -0.25) is 4.79 Å². The number of halogens is 2. The van der Waals surface area contributed by atoms with Gasteiger partial charge in [0.05, 0.1) is 11.8 Å². The van der Waals surface area contributed by atoms with Crippen molar-refractivity contribution in [2.75, 3.05) is 5.32 Å². The molecule has 1 amide bonds. The highest BCUT2D eigenvalue weighted by molar-refractivity contribution is 6.33. The average molecular weight is 359 g/mol. The van der Waals surface area contributed by atoms with E-state index in [1.807, 2.05) is 30.3 Å². The van der Waals surface area contributed by atoms with Crippen molar-refractivity contribution in [3.05, 3.63) is 76.5 Å². The summed E-state index contributed by atoms with van der Waals surface area (Å²) in [5.41, 5.74) is 2.47. The summed E-state index contributed by atoms with van der Waals surface area (Å²) in [4.78, 5) is 16.2. The highest BCUT2D eigenvalue weighted by Gasteiger charge is 2.15. The molecule has 0 aliphatic carbocycles. The molecule has 120 valence electrons. The van der Waals surface area contributed by atoms with Crippen LogP contribution < -0.4 is 5.32 Å². The van der Waals surface area contributed by atoms with Gasteiger partial charge in [-0.25, -0.2) is 4.98 Å². The molecule has 6 heteroatoms. The number of amides is 1. The predicted molar refractivity (Wildman–Crippen MR) is 95.8 cm³/mol. The first-order valence-electron chi connectivity index (χ1n) is 7.05. The van der Waals surface area contributed by atoms with Crippen LogP contribution in [0.4, 0.5) is 5.69 Å². The molecule has 1 aromatic heterocycles. The number of anilines is 1. The van der Waals surface area contributed by atoms with Crippen molar-refractivity contribution >= 4 is 34.8 Å². The van der Waals surface area contributed by atoms with Gasteiger partial charge in [0.2, 0.25) is 0 Å². The van der Waals surface area contributed by atoms with Crippen LogP contribution in [0.3, 0.4) is 0 Å². The molecule has 0 radical (unpaired) electrons. The van der Waals surface area contributed by atoms with Crippen molar-refractivity contribution in [3.63, 3.8) is 0 Å². The number of benzene rings is 2. The van der Waals surface area contributed by atoms with Crippen LogP contribution in [0, 0.1) is 0 Å². The minimum absolute atomic E-state index is 0.0225. The van der Waals surface area contributed by atoms with E-state index in [1.165, 1.54) is 12.3 Å². The lowest BCUT2D eigenvalue weighted by atomic mass is 10.0. The molecule has 1 heterocycles. The molecule has 0 aliphatic rings. The van der Waals surface area contributed by atoms with E-state index in [2.05, 4.69) is 10.3 Å². The predicted octanol–water partition coefficient (Wildman–Crippen LogP) is 5.01. The number of carbonyl (C=O) groups is 1. The summed E-state index contributed by atoms with van der Waals surface area (Å²) in [6.45, 7) is 0. The third kappa shape index (κ3) is 3.50. The van der Waals surface area contributed by atoms with E-state index in [0.717, 1.165) is 11.1 Å². The normalized spacial score (nSPS) is 10.4. The maximum Gasteiger partial charge on any atom is 0.258 e. The Morgan fingerprint density at radius 2 is 1.75 bits per heavy atom. The summed E-state index contributed by atoms with van der Waals surface area (Å²) in [5.74, 6) is -0.583. The van der Waals surface area contributed by atoms with Crippen LogP contribution in [-0.2, 0) is 0 Å². The van der Waals surface area contributed by atoms with Gasteiger partial charge in [-0.05, 0) is 29.8 Å². The smallest absolute Gasteiger partial charge is 0.258 e. The van der Waals surface area contributed by atoms with Crippen molar-refractivity contribution in [2.24, 2.45) is 0 Å². The number of hydrogen-bond donors (Lipinski definition) is 2.